The zero-order valence-corrected chi connectivity index (χ0v) is 11.9. The molecule has 0 aromatic heterocycles. The van der Waals surface area contributed by atoms with Crippen molar-refractivity contribution in [3.8, 4) is 0 Å². The Labute approximate surface area is 111 Å². The van der Waals surface area contributed by atoms with Gasteiger partial charge in [-0.2, -0.15) is 0 Å². The van der Waals surface area contributed by atoms with Gasteiger partial charge >= 0.3 is 0 Å². The van der Waals surface area contributed by atoms with Crippen LogP contribution in [0.25, 0.3) is 4.85 Å². The molecule has 0 aromatic rings. The molecular weight excluding hydrogens is 224 g/mol. The Kier molecular flexibility index (Phi) is 5.10. The summed E-state index contributed by atoms with van der Waals surface area (Å²) in [5.74, 6) is 0.761. The van der Waals surface area contributed by atoms with Gasteiger partial charge in [-0.05, 0) is 17.4 Å². The molecule has 0 N–H and O–H groups in total. The molecule has 1 aliphatic rings. The number of allylic oxidation sites excluding steroid dienone is 1. The number of nitrogens with zero attached hydrogens (tertiary/aromatic N) is 2. The number of rotatable bonds is 4. The summed E-state index contributed by atoms with van der Waals surface area (Å²) in [4.78, 5) is 17.5. The Morgan fingerprint density at radius 2 is 2.17 bits per heavy atom. The Morgan fingerprint density at radius 1 is 1.50 bits per heavy atom. The highest BCUT2D eigenvalue weighted by Crippen LogP contribution is 2.23. The van der Waals surface area contributed by atoms with Crippen LogP contribution in [0.4, 0.5) is 0 Å². The first-order chi connectivity index (χ1) is 8.31. The van der Waals surface area contributed by atoms with E-state index in [4.69, 9.17) is 6.57 Å². The third-order valence-electron chi connectivity index (χ3n) is 3.08. The second-order valence-corrected chi connectivity index (χ2v) is 6.51. The van der Waals surface area contributed by atoms with E-state index >= 15 is 0 Å². The minimum absolute atomic E-state index is 0.00219. The first kappa shape index (κ1) is 14.9. The van der Waals surface area contributed by atoms with Crippen molar-refractivity contribution in [1.29, 1.82) is 0 Å². The third kappa shape index (κ3) is 5.01. The minimum Gasteiger partial charge on any atom is -0.296 e. The standard InChI is InChI=1S/C15H24N2O/c1-12-9-14(16-5)17(11-12)8-6-7-13(18)10-15(2,3)4/h6-7,12,14H,8-11H2,1-4H3/b7-6+. The van der Waals surface area contributed by atoms with E-state index in [-0.39, 0.29) is 17.4 Å². The molecule has 0 amide bonds. The quantitative estimate of drug-likeness (QED) is 0.564. The molecule has 0 aromatic carbocycles. The largest absolute Gasteiger partial charge is 0.296 e. The highest BCUT2D eigenvalue weighted by Gasteiger charge is 2.32. The smallest absolute Gasteiger partial charge is 0.280 e. The molecule has 1 rings (SSSR count). The fourth-order valence-electron chi connectivity index (χ4n) is 2.34. The molecule has 2 atom stereocenters. The van der Waals surface area contributed by atoms with Gasteiger partial charge in [-0.3, -0.25) is 9.64 Å². The van der Waals surface area contributed by atoms with E-state index in [1.807, 2.05) is 6.08 Å². The number of ketones is 1. The van der Waals surface area contributed by atoms with Crippen molar-refractivity contribution in [2.75, 3.05) is 13.1 Å². The minimum atomic E-state index is 0.00219. The highest BCUT2D eigenvalue weighted by molar-refractivity contribution is 5.90. The van der Waals surface area contributed by atoms with Gasteiger partial charge in [0.05, 0.1) is 0 Å². The Morgan fingerprint density at radius 3 is 2.72 bits per heavy atom. The van der Waals surface area contributed by atoms with Gasteiger partial charge in [0.25, 0.3) is 6.17 Å². The molecular formula is C15H24N2O. The molecule has 3 nitrogen and oxygen atoms in total. The lowest BCUT2D eigenvalue weighted by Gasteiger charge is -2.15. The van der Waals surface area contributed by atoms with Crippen LogP contribution in [0.5, 0.6) is 0 Å². The van der Waals surface area contributed by atoms with Crippen molar-refractivity contribution in [2.45, 2.75) is 46.7 Å². The topological polar surface area (TPSA) is 24.7 Å². The summed E-state index contributed by atoms with van der Waals surface area (Å²) in [6.45, 7) is 17.2. The lowest BCUT2D eigenvalue weighted by Crippen LogP contribution is -2.27. The van der Waals surface area contributed by atoms with Crippen LogP contribution in [0.15, 0.2) is 12.2 Å². The number of hydrogen-bond donors (Lipinski definition) is 0. The van der Waals surface area contributed by atoms with E-state index in [9.17, 15) is 4.79 Å². The fraction of sp³-hybridized carbons (Fsp3) is 0.733. The maximum Gasteiger partial charge on any atom is 0.280 e. The van der Waals surface area contributed by atoms with Crippen molar-refractivity contribution >= 4 is 5.78 Å². The number of hydrogen-bond acceptors (Lipinski definition) is 2. The molecule has 0 aliphatic carbocycles. The molecule has 18 heavy (non-hydrogen) atoms. The van der Waals surface area contributed by atoms with Gasteiger partial charge in [0, 0.05) is 25.9 Å². The van der Waals surface area contributed by atoms with Crippen molar-refractivity contribution in [2.24, 2.45) is 11.3 Å². The Hall–Kier alpha value is -1.14. The normalized spacial score (nSPS) is 25.5. The fourth-order valence-corrected chi connectivity index (χ4v) is 2.34. The van der Waals surface area contributed by atoms with Crippen LogP contribution in [0.3, 0.4) is 0 Å². The average molecular weight is 248 g/mol. The Balaban J connectivity index is 2.41. The molecule has 1 aliphatic heterocycles. The van der Waals surface area contributed by atoms with Gasteiger partial charge in [0.1, 0.15) is 0 Å². The van der Waals surface area contributed by atoms with Gasteiger partial charge in [-0.1, -0.05) is 33.8 Å². The van der Waals surface area contributed by atoms with Crippen LogP contribution < -0.4 is 0 Å². The number of carbonyl (C=O) groups is 1. The van der Waals surface area contributed by atoms with E-state index in [2.05, 4.69) is 37.4 Å². The molecule has 0 bridgehead atoms. The van der Waals surface area contributed by atoms with Gasteiger partial charge < -0.3 is 0 Å². The van der Waals surface area contributed by atoms with Gasteiger partial charge in [-0.25, -0.2) is 11.5 Å². The highest BCUT2D eigenvalue weighted by atomic mass is 16.1. The summed E-state index contributed by atoms with van der Waals surface area (Å²) in [5.41, 5.74) is 0.0443. The first-order valence-electron chi connectivity index (χ1n) is 6.62. The zero-order chi connectivity index (χ0) is 13.8. The second-order valence-electron chi connectivity index (χ2n) is 6.51. The van der Waals surface area contributed by atoms with Crippen molar-refractivity contribution in [1.82, 2.24) is 4.90 Å². The predicted octanol–water partition coefficient (Wildman–Crippen LogP) is 3.14. The van der Waals surface area contributed by atoms with Crippen molar-refractivity contribution in [3.63, 3.8) is 0 Å². The third-order valence-corrected chi connectivity index (χ3v) is 3.08. The molecule has 3 heteroatoms. The van der Waals surface area contributed by atoms with Crippen LogP contribution in [-0.2, 0) is 4.79 Å². The SMILES string of the molecule is [C-]#[N+]C1CC(C)CN1C/C=C/C(=O)CC(C)(C)C. The van der Waals surface area contributed by atoms with Crippen LogP contribution in [0.2, 0.25) is 0 Å². The summed E-state index contributed by atoms with van der Waals surface area (Å²) in [7, 11) is 0. The number of carbonyl (C=O) groups excluding carboxylic acids is 1. The molecule has 2 unspecified atom stereocenters. The predicted molar refractivity (Wildman–Crippen MR) is 74.0 cm³/mol. The van der Waals surface area contributed by atoms with Gasteiger partial charge in [0.15, 0.2) is 5.78 Å². The molecule has 1 heterocycles. The van der Waals surface area contributed by atoms with Crippen molar-refractivity contribution in [3.05, 3.63) is 23.6 Å². The molecule has 0 radical (unpaired) electrons. The summed E-state index contributed by atoms with van der Waals surface area (Å²) in [5, 5.41) is 0. The van der Waals surface area contributed by atoms with Gasteiger partial charge in [0.2, 0.25) is 0 Å². The second kappa shape index (κ2) is 6.15. The van der Waals surface area contributed by atoms with E-state index in [1.54, 1.807) is 6.08 Å². The summed E-state index contributed by atoms with van der Waals surface area (Å²) >= 11 is 0. The molecule has 0 spiro atoms. The van der Waals surface area contributed by atoms with E-state index in [0.717, 1.165) is 13.0 Å². The first-order valence-corrected chi connectivity index (χ1v) is 6.62. The van der Waals surface area contributed by atoms with Crippen LogP contribution in [-0.4, -0.2) is 29.9 Å². The van der Waals surface area contributed by atoms with Crippen LogP contribution in [0.1, 0.15) is 40.5 Å². The van der Waals surface area contributed by atoms with E-state index in [0.29, 0.717) is 18.9 Å². The van der Waals surface area contributed by atoms with E-state index < -0.39 is 0 Å². The van der Waals surface area contributed by atoms with Gasteiger partial charge in [-0.15, -0.1) is 0 Å². The van der Waals surface area contributed by atoms with Crippen molar-refractivity contribution < 1.29 is 4.79 Å². The molecule has 100 valence electrons. The molecule has 1 saturated heterocycles. The summed E-state index contributed by atoms with van der Waals surface area (Å²) in [6.07, 6.45) is 5.11. The summed E-state index contributed by atoms with van der Waals surface area (Å²) < 4.78 is 0. The monoisotopic (exact) mass is 248 g/mol. The molecule has 1 fully saturated rings. The maximum atomic E-state index is 11.7. The lowest BCUT2D eigenvalue weighted by atomic mass is 9.90. The van der Waals surface area contributed by atoms with Crippen LogP contribution in [0, 0.1) is 17.9 Å². The lowest BCUT2D eigenvalue weighted by molar-refractivity contribution is -0.116. The number of likely N-dealkylation sites (tertiary alicyclic amines) is 1. The zero-order valence-electron chi connectivity index (χ0n) is 11.9. The molecule has 0 saturated carbocycles. The van der Waals surface area contributed by atoms with E-state index in [1.165, 1.54) is 0 Å². The maximum absolute atomic E-state index is 11.7. The van der Waals surface area contributed by atoms with Crippen LogP contribution >= 0.6 is 0 Å². The average Bonchev–Trinajstić information content (AvgIpc) is 2.56. The Bertz CT molecular complexity index is 360. The summed E-state index contributed by atoms with van der Waals surface area (Å²) in [6, 6.07) is 0.